The van der Waals surface area contributed by atoms with E-state index >= 15 is 0 Å². The Morgan fingerprint density at radius 1 is 1.35 bits per heavy atom. The summed E-state index contributed by atoms with van der Waals surface area (Å²) in [6.07, 6.45) is 3.66. The maximum atomic E-state index is 5.89. The first-order valence-corrected chi connectivity index (χ1v) is 7.33. The van der Waals surface area contributed by atoms with Gasteiger partial charge < -0.3 is 4.90 Å². The molecule has 0 saturated carbocycles. The van der Waals surface area contributed by atoms with Crippen LogP contribution < -0.4 is 4.90 Å². The average molecular weight is 333 g/mol. The second-order valence-corrected chi connectivity index (χ2v) is 5.95. The molecule has 2 heterocycles. The standard InChI is InChI=1S/C11H11BrClN3S/c1-16(7-9-2-3-10(13)17-9)11-14-5-8(4-12)6-15-11/h2-3,5-6H,4,7H2,1H3. The Bertz CT molecular complexity index is 486. The number of anilines is 1. The van der Waals surface area contributed by atoms with Crippen molar-refractivity contribution in [3.63, 3.8) is 0 Å². The van der Waals surface area contributed by atoms with Gasteiger partial charge in [0.25, 0.3) is 0 Å². The molecule has 0 fully saturated rings. The van der Waals surface area contributed by atoms with Crippen molar-refractivity contribution in [1.29, 1.82) is 0 Å². The van der Waals surface area contributed by atoms with E-state index in [0.717, 1.165) is 27.7 Å². The minimum absolute atomic E-state index is 0.722. The quantitative estimate of drug-likeness (QED) is 0.799. The monoisotopic (exact) mass is 331 g/mol. The van der Waals surface area contributed by atoms with Crippen LogP contribution in [0, 0.1) is 0 Å². The molecule has 0 spiro atoms. The lowest BCUT2D eigenvalue weighted by Gasteiger charge is -2.15. The van der Waals surface area contributed by atoms with E-state index in [2.05, 4.69) is 25.9 Å². The Hall–Kier alpha value is -0.650. The van der Waals surface area contributed by atoms with Gasteiger partial charge in [-0.15, -0.1) is 11.3 Å². The summed E-state index contributed by atoms with van der Waals surface area (Å²) < 4.78 is 0.809. The van der Waals surface area contributed by atoms with Crippen LogP contribution >= 0.6 is 38.9 Å². The van der Waals surface area contributed by atoms with Gasteiger partial charge in [0.1, 0.15) is 0 Å². The molecule has 0 aromatic carbocycles. The van der Waals surface area contributed by atoms with Crippen LogP contribution in [0.5, 0.6) is 0 Å². The molecule has 0 aliphatic carbocycles. The maximum absolute atomic E-state index is 5.89. The van der Waals surface area contributed by atoms with E-state index in [-0.39, 0.29) is 0 Å². The van der Waals surface area contributed by atoms with Gasteiger partial charge >= 0.3 is 0 Å². The molecule has 0 amide bonds. The normalized spacial score (nSPS) is 10.5. The molecular formula is C11H11BrClN3S. The molecule has 0 bridgehead atoms. The first-order valence-electron chi connectivity index (χ1n) is 5.01. The second-order valence-electron chi connectivity index (χ2n) is 3.59. The Labute approximate surface area is 118 Å². The molecule has 0 saturated heterocycles. The number of alkyl halides is 1. The summed E-state index contributed by atoms with van der Waals surface area (Å²) >= 11 is 10.8. The van der Waals surface area contributed by atoms with Crippen LogP contribution in [-0.2, 0) is 11.9 Å². The molecule has 0 radical (unpaired) electrons. The summed E-state index contributed by atoms with van der Waals surface area (Å²) in [7, 11) is 1.97. The van der Waals surface area contributed by atoms with Gasteiger partial charge in [0.05, 0.1) is 10.9 Å². The Morgan fingerprint density at radius 3 is 2.59 bits per heavy atom. The van der Waals surface area contributed by atoms with Crippen molar-refractivity contribution in [2.45, 2.75) is 11.9 Å². The van der Waals surface area contributed by atoms with Gasteiger partial charge in [-0.2, -0.15) is 0 Å². The average Bonchev–Trinajstić information content (AvgIpc) is 2.75. The SMILES string of the molecule is CN(Cc1ccc(Cl)s1)c1ncc(CBr)cn1. The van der Waals surface area contributed by atoms with Gasteiger partial charge in [-0.3, -0.25) is 0 Å². The predicted octanol–water partition coefficient (Wildman–Crippen LogP) is 3.72. The molecule has 0 aliphatic rings. The summed E-state index contributed by atoms with van der Waals surface area (Å²) in [5.74, 6) is 0.722. The number of rotatable bonds is 4. The van der Waals surface area contributed by atoms with E-state index in [1.54, 1.807) is 11.3 Å². The lowest BCUT2D eigenvalue weighted by Crippen LogP contribution is -2.18. The highest BCUT2D eigenvalue weighted by Gasteiger charge is 2.06. The maximum Gasteiger partial charge on any atom is 0.225 e. The minimum atomic E-state index is 0.722. The van der Waals surface area contributed by atoms with Crippen molar-refractivity contribution in [2.75, 3.05) is 11.9 Å². The smallest absolute Gasteiger partial charge is 0.225 e. The minimum Gasteiger partial charge on any atom is -0.339 e. The summed E-state index contributed by atoms with van der Waals surface area (Å²) in [5.41, 5.74) is 1.07. The van der Waals surface area contributed by atoms with E-state index in [4.69, 9.17) is 11.6 Å². The lowest BCUT2D eigenvalue weighted by atomic mass is 10.4. The number of nitrogens with zero attached hydrogens (tertiary/aromatic N) is 3. The van der Waals surface area contributed by atoms with Gasteiger partial charge in [0.2, 0.25) is 5.95 Å². The Kier molecular flexibility index (Phi) is 4.36. The van der Waals surface area contributed by atoms with Crippen LogP contribution in [0.15, 0.2) is 24.5 Å². The molecule has 0 unspecified atom stereocenters. The second kappa shape index (κ2) is 5.80. The molecule has 0 N–H and O–H groups in total. The number of thiophene rings is 1. The van der Waals surface area contributed by atoms with Crippen LogP contribution in [0.4, 0.5) is 5.95 Å². The molecule has 2 aromatic heterocycles. The van der Waals surface area contributed by atoms with Crippen molar-refractivity contribution in [3.05, 3.63) is 39.3 Å². The Balaban J connectivity index is 2.06. The van der Waals surface area contributed by atoms with Crippen LogP contribution in [0.3, 0.4) is 0 Å². The predicted molar refractivity (Wildman–Crippen MR) is 76.1 cm³/mol. The van der Waals surface area contributed by atoms with Crippen molar-refractivity contribution in [2.24, 2.45) is 0 Å². The summed E-state index contributed by atoms with van der Waals surface area (Å²) in [5, 5.41) is 0.775. The number of hydrogen-bond acceptors (Lipinski definition) is 4. The van der Waals surface area contributed by atoms with E-state index in [0.29, 0.717) is 0 Å². The third-order valence-electron chi connectivity index (χ3n) is 2.21. The lowest BCUT2D eigenvalue weighted by molar-refractivity contribution is 0.874. The molecule has 90 valence electrons. The summed E-state index contributed by atoms with van der Waals surface area (Å²) in [4.78, 5) is 11.8. The zero-order valence-electron chi connectivity index (χ0n) is 9.23. The van der Waals surface area contributed by atoms with E-state index in [9.17, 15) is 0 Å². The molecular weight excluding hydrogens is 322 g/mol. The van der Waals surface area contributed by atoms with Crippen LogP contribution in [0.25, 0.3) is 0 Å². The van der Waals surface area contributed by atoms with E-state index in [1.807, 2.05) is 36.5 Å². The Morgan fingerprint density at radius 2 is 2.06 bits per heavy atom. The zero-order valence-corrected chi connectivity index (χ0v) is 12.4. The van der Waals surface area contributed by atoms with Gasteiger partial charge in [0, 0.05) is 29.6 Å². The van der Waals surface area contributed by atoms with Gasteiger partial charge in [-0.25, -0.2) is 9.97 Å². The molecule has 6 heteroatoms. The fraction of sp³-hybridized carbons (Fsp3) is 0.273. The number of aromatic nitrogens is 2. The highest BCUT2D eigenvalue weighted by Crippen LogP contribution is 2.23. The van der Waals surface area contributed by atoms with Crippen LogP contribution in [-0.4, -0.2) is 17.0 Å². The largest absolute Gasteiger partial charge is 0.339 e. The third-order valence-corrected chi connectivity index (χ3v) is 4.07. The molecule has 17 heavy (non-hydrogen) atoms. The zero-order chi connectivity index (χ0) is 12.3. The molecule has 3 nitrogen and oxygen atoms in total. The van der Waals surface area contributed by atoms with Gasteiger partial charge in [0.15, 0.2) is 0 Å². The molecule has 0 aliphatic heterocycles. The molecule has 0 atom stereocenters. The van der Waals surface area contributed by atoms with Crippen molar-refractivity contribution in [1.82, 2.24) is 9.97 Å². The fourth-order valence-electron chi connectivity index (χ4n) is 1.36. The van der Waals surface area contributed by atoms with E-state index < -0.39 is 0 Å². The van der Waals surface area contributed by atoms with E-state index in [1.165, 1.54) is 4.88 Å². The molecule has 2 aromatic rings. The highest BCUT2D eigenvalue weighted by atomic mass is 79.9. The van der Waals surface area contributed by atoms with Crippen LogP contribution in [0.1, 0.15) is 10.4 Å². The van der Waals surface area contributed by atoms with Crippen molar-refractivity contribution >= 4 is 44.8 Å². The highest BCUT2D eigenvalue weighted by molar-refractivity contribution is 9.08. The topological polar surface area (TPSA) is 29.0 Å². The van der Waals surface area contributed by atoms with Gasteiger partial charge in [-0.1, -0.05) is 27.5 Å². The first-order chi connectivity index (χ1) is 8.19. The van der Waals surface area contributed by atoms with Crippen molar-refractivity contribution in [3.8, 4) is 0 Å². The summed E-state index contributed by atoms with van der Waals surface area (Å²) in [6, 6.07) is 3.93. The number of halogens is 2. The summed E-state index contributed by atoms with van der Waals surface area (Å²) in [6.45, 7) is 0.769. The molecule has 2 rings (SSSR count). The fourth-order valence-corrected chi connectivity index (χ4v) is 2.79. The first kappa shape index (κ1) is 12.8. The van der Waals surface area contributed by atoms with Crippen LogP contribution in [0.2, 0.25) is 4.34 Å². The third kappa shape index (κ3) is 3.40. The van der Waals surface area contributed by atoms with Crippen molar-refractivity contribution < 1.29 is 0 Å². The number of hydrogen-bond donors (Lipinski definition) is 0. The van der Waals surface area contributed by atoms with Gasteiger partial charge in [-0.05, 0) is 17.7 Å².